The van der Waals surface area contributed by atoms with E-state index in [9.17, 15) is 4.79 Å². The molecule has 0 bridgehead atoms. The first-order chi connectivity index (χ1) is 7.18. The molecule has 0 aliphatic carbocycles. The fraction of sp³-hybridized carbons (Fsp3) is 0.917. The molecule has 94 valence electrons. The van der Waals surface area contributed by atoms with Crippen LogP contribution in [0.25, 0.3) is 0 Å². The lowest BCUT2D eigenvalue weighted by Gasteiger charge is -2.19. The van der Waals surface area contributed by atoms with Gasteiger partial charge < -0.3 is 14.8 Å². The molecule has 1 rings (SSSR count). The molecule has 1 atom stereocenters. The van der Waals surface area contributed by atoms with Crippen molar-refractivity contribution in [3.63, 3.8) is 0 Å². The molecule has 1 saturated heterocycles. The number of nitrogens with one attached hydrogen (secondary N) is 1. The Balaban J connectivity index is 2.23. The van der Waals surface area contributed by atoms with Gasteiger partial charge in [-0.1, -0.05) is 20.8 Å². The second-order valence-corrected chi connectivity index (χ2v) is 5.99. The van der Waals surface area contributed by atoms with Crippen molar-refractivity contribution in [1.29, 1.82) is 0 Å². The quantitative estimate of drug-likeness (QED) is 0.801. The first-order valence-electron chi connectivity index (χ1n) is 5.76. The summed E-state index contributed by atoms with van der Waals surface area (Å²) in [5.41, 5.74) is 0.0242. The molecule has 4 heteroatoms. The Bertz CT molecular complexity index is 255. The van der Waals surface area contributed by atoms with Crippen molar-refractivity contribution < 1.29 is 14.3 Å². The van der Waals surface area contributed by atoms with Gasteiger partial charge in [-0.2, -0.15) is 0 Å². The highest BCUT2D eigenvalue weighted by atomic mass is 16.7. The van der Waals surface area contributed by atoms with E-state index in [-0.39, 0.29) is 17.4 Å². The number of hydrogen-bond acceptors (Lipinski definition) is 3. The highest BCUT2D eigenvalue weighted by molar-refractivity contribution is 5.76. The Morgan fingerprint density at radius 1 is 1.44 bits per heavy atom. The molecule has 0 spiro atoms. The standard InChI is InChI=1S/C12H23NO3/c1-11(2,3)6-10(14)13-7-9-8-15-12(4,5)16-9/h9H,6-8H2,1-5H3,(H,13,14). The molecule has 1 fully saturated rings. The number of carbonyl (C=O) groups is 1. The Morgan fingerprint density at radius 2 is 2.06 bits per heavy atom. The summed E-state index contributed by atoms with van der Waals surface area (Å²) in [6, 6.07) is 0. The average molecular weight is 229 g/mol. The second kappa shape index (κ2) is 4.72. The molecule has 1 amide bonds. The van der Waals surface area contributed by atoms with Crippen LogP contribution in [0.1, 0.15) is 41.0 Å². The summed E-state index contributed by atoms with van der Waals surface area (Å²) in [7, 11) is 0. The van der Waals surface area contributed by atoms with Gasteiger partial charge in [0.05, 0.1) is 6.61 Å². The van der Waals surface area contributed by atoms with Crippen molar-refractivity contribution in [3.05, 3.63) is 0 Å². The minimum Gasteiger partial charge on any atom is -0.353 e. The molecule has 0 radical (unpaired) electrons. The maximum Gasteiger partial charge on any atom is 0.220 e. The molecule has 1 heterocycles. The Kier molecular flexibility index (Phi) is 3.97. The van der Waals surface area contributed by atoms with E-state index in [4.69, 9.17) is 9.47 Å². The molecule has 1 N–H and O–H groups in total. The molecule has 0 aromatic carbocycles. The summed E-state index contributed by atoms with van der Waals surface area (Å²) in [5, 5.41) is 2.87. The van der Waals surface area contributed by atoms with Crippen LogP contribution in [0.15, 0.2) is 0 Å². The predicted octanol–water partition coefficient (Wildman–Crippen LogP) is 1.69. The molecule has 1 unspecified atom stereocenters. The zero-order valence-corrected chi connectivity index (χ0v) is 10.9. The molecule has 0 aromatic heterocycles. The van der Waals surface area contributed by atoms with Gasteiger partial charge in [-0.15, -0.1) is 0 Å². The Labute approximate surface area is 97.7 Å². The maximum absolute atomic E-state index is 11.6. The first-order valence-corrected chi connectivity index (χ1v) is 5.76. The van der Waals surface area contributed by atoms with Crippen molar-refractivity contribution >= 4 is 5.91 Å². The lowest BCUT2D eigenvalue weighted by Crippen LogP contribution is -2.35. The summed E-state index contributed by atoms with van der Waals surface area (Å²) in [6.07, 6.45) is 0.503. The minimum atomic E-state index is -0.514. The number of ether oxygens (including phenoxy) is 2. The Hall–Kier alpha value is -0.610. The summed E-state index contributed by atoms with van der Waals surface area (Å²) in [4.78, 5) is 11.6. The van der Waals surface area contributed by atoms with Crippen LogP contribution < -0.4 is 5.32 Å². The zero-order valence-electron chi connectivity index (χ0n) is 10.9. The number of hydrogen-bond donors (Lipinski definition) is 1. The monoisotopic (exact) mass is 229 g/mol. The lowest BCUT2D eigenvalue weighted by atomic mass is 9.92. The van der Waals surface area contributed by atoms with Crippen LogP contribution in [-0.2, 0) is 14.3 Å². The van der Waals surface area contributed by atoms with E-state index in [1.165, 1.54) is 0 Å². The highest BCUT2D eigenvalue weighted by Crippen LogP contribution is 2.22. The molecule has 1 aliphatic heterocycles. The van der Waals surface area contributed by atoms with Crippen molar-refractivity contribution in [2.24, 2.45) is 5.41 Å². The minimum absolute atomic E-state index is 0.0242. The average Bonchev–Trinajstić information content (AvgIpc) is 2.39. The smallest absolute Gasteiger partial charge is 0.220 e. The lowest BCUT2D eigenvalue weighted by molar-refractivity contribution is -0.139. The van der Waals surface area contributed by atoms with E-state index in [2.05, 4.69) is 5.32 Å². The van der Waals surface area contributed by atoms with Crippen molar-refractivity contribution in [2.45, 2.75) is 52.9 Å². The van der Waals surface area contributed by atoms with Gasteiger partial charge in [-0.05, 0) is 19.3 Å². The van der Waals surface area contributed by atoms with Crippen LogP contribution in [0.3, 0.4) is 0 Å². The molecular weight excluding hydrogens is 206 g/mol. The van der Waals surface area contributed by atoms with Gasteiger partial charge in [0.1, 0.15) is 6.10 Å². The summed E-state index contributed by atoms with van der Waals surface area (Å²) in [6.45, 7) is 11.0. The Morgan fingerprint density at radius 3 is 2.50 bits per heavy atom. The summed E-state index contributed by atoms with van der Waals surface area (Å²) < 4.78 is 11.0. The van der Waals surface area contributed by atoms with Gasteiger partial charge in [0.25, 0.3) is 0 Å². The van der Waals surface area contributed by atoms with Crippen molar-refractivity contribution in [1.82, 2.24) is 5.32 Å². The molecule has 0 aromatic rings. The van der Waals surface area contributed by atoms with Gasteiger partial charge in [-0.3, -0.25) is 4.79 Å². The SMILES string of the molecule is CC(C)(C)CC(=O)NCC1COC(C)(C)O1. The van der Waals surface area contributed by atoms with E-state index in [1.807, 2.05) is 34.6 Å². The largest absolute Gasteiger partial charge is 0.353 e. The van der Waals surface area contributed by atoms with Crippen LogP contribution >= 0.6 is 0 Å². The van der Waals surface area contributed by atoms with Gasteiger partial charge in [0.2, 0.25) is 5.91 Å². The van der Waals surface area contributed by atoms with Crippen molar-refractivity contribution in [3.8, 4) is 0 Å². The normalized spacial score (nSPS) is 24.4. The van der Waals surface area contributed by atoms with Crippen LogP contribution in [0.2, 0.25) is 0 Å². The van der Waals surface area contributed by atoms with E-state index >= 15 is 0 Å². The van der Waals surface area contributed by atoms with Crippen LogP contribution in [0.5, 0.6) is 0 Å². The van der Waals surface area contributed by atoms with Crippen LogP contribution in [0, 0.1) is 5.41 Å². The highest BCUT2D eigenvalue weighted by Gasteiger charge is 2.32. The fourth-order valence-electron chi connectivity index (χ4n) is 1.64. The zero-order chi connectivity index (χ0) is 12.4. The molecule has 4 nitrogen and oxygen atoms in total. The predicted molar refractivity (Wildman–Crippen MR) is 62.0 cm³/mol. The van der Waals surface area contributed by atoms with Gasteiger partial charge in [-0.25, -0.2) is 0 Å². The van der Waals surface area contributed by atoms with Crippen molar-refractivity contribution in [2.75, 3.05) is 13.2 Å². The topological polar surface area (TPSA) is 47.6 Å². The summed E-state index contributed by atoms with van der Waals surface area (Å²) in [5.74, 6) is -0.444. The number of rotatable bonds is 3. The fourth-order valence-corrected chi connectivity index (χ4v) is 1.64. The molecule has 16 heavy (non-hydrogen) atoms. The maximum atomic E-state index is 11.6. The third kappa shape index (κ3) is 4.94. The third-order valence-corrected chi connectivity index (χ3v) is 2.29. The van der Waals surface area contributed by atoms with Crippen LogP contribution in [0.4, 0.5) is 0 Å². The van der Waals surface area contributed by atoms with E-state index in [1.54, 1.807) is 0 Å². The van der Waals surface area contributed by atoms with Gasteiger partial charge >= 0.3 is 0 Å². The van der Waals surface area contributed by atoms with Crippen LogP contribution in [-0.4, -0.2) is 30.9 Å². The van der Waals surface area contributed by atoms with Gasteiger partial charge in [0, 0.05) is 13.0 Å². The molecular formula is C12H23NO3. The number of carbonyl (C=O) groups excluding carboxylic acids is 1. The van der Waals surface area contributed by atoms with Gasteiger partial charge in [0.15, 0.2) is 5.79 Å². The van der Waals surface area contributed by atoms with E-state index in [0.717, 1.165) is 0 Å². The second-order valence-electron chi connectivity index (χ2n) is 5.99. The number of amides is 1. The van der Waals surface area contributed by atoms with E-state index in [0.29, 0.717) is 19.6 Å². The molecule has 1 aliphatic rings. The van der Waals surface area contributed by atoms with E-state index < -0.39 is 5.79 Å². The first kappa shape index (κ1) is 13.5. The summed E-state index contributed by atoms with van der Waals surface area (Å²) >= 11 is 0. The third-order valence-electron chi connectivity index (χ3n) is 2.29. The molecule has 0 saturated carbocycles.